The number of nitrogens with zero attached hydrogens (tertiary/aromatic N) is 1. The molecule has 0 bridgehead atoms. The Morgan fingerprint density at radius 1 is 1.11 bits per heavy atom. The molecule has 0 saturated carbocycles. The number of aliphatic imine (C=N–C) groups is 1. The molecule has 2 atom stereocenters. The van der Waals surface area contributed by atoms with Gasteiger partial charge in [-0.2, -0.15) is 0 Å². The zero-order chi connectivity index (χ0) is 13.3. The maximum Gasteiger partial charge on any atom is 0.119 e. The maximum absolute atomic E-state index is 6.35. The molecule has 3 rings (SSSR count). The van der Waals surface area contributed by atoms with Crippen molar-refractivity contribution in [2.75, 3.05) is 0 Å². The number of allylic oxidation sites excluding steroid dienone is 1. The molecule has 2 aromatic rings. The lowest BCUT2D eigenvalue weighted by Crippen LogP contribution is -2.55. The second-order valence-electron chi connectivity index (χ2n) is 5.07. The van der Waals surface area contributed by atoms with Gasteiger partial charge < -0.3 is 11.5 Å². The van der Waals surface area contributed by atoms with Crippen molar-refractivity contribution in [1.82, 2.24) is 0 Å². The smallest absolute Gasteiger partial charge is 0.119 e. The summed E-state index contributed by atoms with van der Waals surface area (Å²) in [6.45, 7) is 0. The van der Waals surface area contributed by atoms with E-state index in [4.69, 9.17) is 11.5 Å². The molecule has 19 heavy (non-hydrogen) atoms. The number of fused-ring (bicyclic) bond motifs is 1. The van der Waals surface area contributed by atoms with Crippen LogP contribution in [0.1, 0.15) is 5.56 Å². The van der Waals surface area contributed by atoms with Crippen LogP contribution in [0.4, 0.5) is 0 Å². The molecule has 3 heteroatoms. The fraction of sp³-hybridized carbons (Fsp3) is 0.188. The van der Waals surface area contributed by atoms with Crippen molar-refractivity contribution in [2.24, 2.45) is 16.5 Å². The second-order valence-corrected chi connectivity index (χ2v) is 5.07. The molecule has 96 valence electrons. The molecule has 0 radical (unpaired) electrons. The number of hydrogen-bond acceptors (Lipinski definition) is 3. The second kappa shape index (κ2) is 4.61. The first-order valence-electron chi connectivity index (χ1n) is 6.40. The van der Waals surface area contributed by atoms with Gasteiger partial charge in [-0.25, -0.2) is 0 Å². The average Bonchev–Trinajstić information content (AvgIpc) is 2.42. The number of benzene rings is 2. The fourth-order valence-electron chi connectivity index (χ4n) is 2.47. The molecule has 3 nitrogen and oxygen atoms in total. The van der Waals surface area contributed by atoms with Gasteiger partial charge in [0, 0.05) is 6.21 Å². The van der Waals surface area contributed by atoms with Gasteiger partial charge >= 0.3 is 0 Å². The quantitative estimate of drug-likeness (QED) is 0.857. The largest absolute Gasteiger partial charge is 0.319 e. The summed E-state index contributed by atoms with van der Waals surface area (Å²) in [6.07, 6.45) is 5.82. The Morgan fingerprint density at radius 2 is 1.89 bits per heavy atom. The Labute approximate surface area is 112 Å². The molecule has 1 aliphatic rings. The highest BCUT2D eigenvalue weighted by Crippen LogP contribution is 2.22. The van der Waals surface area contributed by atoms with Gasteiger partial charge in [0.15, 0.2) is 0 Å². The minimum atomic E-state index is -0.600. The molecule has 0 aromatic heterocycles. The lowest BCUT2D eigenvalue weighted by Gasteiger charge is -2.31. The van der Waals surface area contributed by atoms with E-state index in [0.717, 1.165) is 0 Å². The monoisotopic (exact) mass is 251 g/mol. The number of dihydropyridines is 1. The highest BCUT2D eigenvalue weighted by atomic mass is 15.0. The third-order valence-corrected chi connectivity index (χ3v) is 3.61. The molecule has 2 aromatic carbocycles. The Bertz CT molecular complexity index is 660. The van der Waals surface area contributed by atoms with Crippen molar-refractivity contribution >= 4 is 17.0 Å². The summed E-state index contributed by atoms with van der Waals surface area (Å²) in [7, 11) is 0. The van der Waals surface area contributed by atoms with E-state index in [-0.39, 0.29) is 6.17 Å². The Morgan fingerprint density at radius 3 is 2.68 bits per heavy atom. The van der Waals surface area contributed by atoms with E-state index in [0.29, 0.717) is 6.42 Å². The van der Waals surface area contributed by atoms with Gasteiger partial charge in [-0.15, -0.1) is 0 Å². The summed E-state index contributed by atoms with van der Waals surface area (Å²) in [6, 6.07) is 14.7. The van der Waals surface area contributed by atoms with Crippen LogP contribution < -0.4 is 11.5 Å². The van der Waals surface area contributed by atoms with Crippen LogP contribution in [0.2, 0.25) is 0 Å². The minimum absolute atomic E-state index is 0.385. The number of hydrogen-bond donors (Lipinski definition) is 2. The fourth-order valence-corrected chi connectivity index (χ4v) is 2.47. The predicted octanol–water partition coefficient (Wildman–Crippen LogP) is 2.01. The molecule has 0 amide bonds. The van der Waals surface area contributed by atoms with E-state index in [1.54, 1.807) is 6.21 Å². The Balaban J connectivity index is 1.93. The Hall–Kier alpha value is -1.97. The van der Waals surface area contributed by atoms with E-state index < -0.39 is 5.54 Å². The SMILES string of the molecule is NC1N=CC=CC1(N)Cc1ccc2ccccc2c1. The maximum atomic E-state index is 6.35. The van der Waals surface area contributed by atoms with Gasteiger partial charge in [-0.05, 0) is 28.8 Å². The molecular weight excluding hydrogens is 234 g/mol. The van der Waals surface area contributed by atoms with Crippen LogP contribution in [0.5, 0.6) is 0 Å². The van der Waals surface area contributed by atoms with Crippen molar-refractivity contribution in [3.8, 4) is 0 Å². The van der Waals surface area contributed by atoms with Gasteiger partial charge in [0.2, 0.25) is 0 Å². The predicted molar refractivity (Wildman–Crippen MR) is 80.2 cm³/mol. The van der Waals surface area contributed by atoms with Gasteiger partial charge in [-0.3, -0.25) is 4.99 Å². The summed E-state index contributed by atoms with van der Waals surface area (Å²) in [4.78, 5) is 4.18. The van der Waals surface area contributed by atoms with Crippen molar-refractivity contribution in [3.63, 3.8) is 0 Å². The van der Waals surface area contributed by atoms with Crippen LogP contribution in [-0.4, -0.2) is 17.9 Å². The normalized spacial score (nSPS) is 25.9. The van der Waals surface area contributed by atoms with Crippen molar-refractivity contribution in [2.45, 2.75) is 18.1 Å². The van der Waals surface area contributed by atoms with Crippen LogP contribution in [0.3, 0.4) is 0 Å². The molecular formula is C16H17N3. The van der Waals surface area contributed by atoms with E-state index in [9.17, 15) is 0 Å². The lowest BCUT2D eigenvalue weighted by molar-refractivity contribution is 0.426. The molecule has 1 aliphatic heterocycles. The van der Waals surface area contributed by atoms with Crippen LogP contribution in [-0.2, 0) is 6.42 Å². The molecule has 0 spiro atoms. The van der Waals surface area contributed by atoms with Crippen molar-refractivity contribution in [3.05, 3.63) is 60.2 Å². The molecule has 0 saturated heterocycles. The lowest BCUT2D eigenvalue weighted by atomic mass is 9.87. The highest BCUT2D eigenvalue weighted by molar-refractivity contribution is 5.83. The van der Waals surface area contributed by atoms with Crippen LogP contribution >= 0.6 is 0 Å². The number of nitrogens with two attached hydrogens (primary N) is 2. The molecule has 2 unspecified atom stereocenters. The van der Waals surface area contributed by atoms with Gasteiger partial charge in [0.25, 0.3) is 0 Å². The molecule has 0 aliphatic carbocycles. The van der Waals surface area contributed by atoms with Gasteiger partial charge in [-0.1, -0.05) is 48.5 Å². The Kier molecular flexibility index (Phi) is 2.93. The summed E-state index contributed by atoms with van der Waals surface area (Å²) in [5.41, 5.74) is 12.9. The topological polar surface area (TPSA) is 64.4 Å². The third kappa shape index (κ3) is 2.30. The van der Waals surface area contributed by atoms with Crippen molar-refractivity contribution < 1.29 is 0 Å². The summed E-state index contributed by atoms with van der Waals surface area (Å²) >= 11 is 0. The van der Waals surface area contributed by atoms with Crippen LogP contribution in [0.15, 0.2) is 59.6 Å². The van der Waals surface area contributed by atoms with E-state index in [1.807, 2.05) is 24.3 Å². The third-order valence-electron chi connectivity index (χ3n) is 3.61. The van der Waals surface area contributed by atoms with E-state index in [1.165, 1.54) is 16.3 Å². The highest BCUT2D eigenvalue weighted by Gasteiger charge is 2.30. The standard InChI is InChI=1S/C16H17N3/c17-15-16(18,8-3-9-19-15)11-12-6-7-13-4-1-2-5-14(13)10-12/h1-10,15H,11,17-18H2. The van der Waals surface area contributed by atoms with E-state index in [2.05, 4.69) is 35.3 Å². The molecule has 0 fully saturated rings. The minimum Gasteiger partial charge on any atom is -0.319 e. The van der Waals surface area contributed by atoms with Gasteiger partial charge in [0.1, 0.15) is 6.17 Å². The van der Waals surface area contributed by atoms with Crippen molar-refractivity contribution in [1.29, 1.82) is 0 Å². The summed E-state index contributed by atoms with van der Waals surface area (Å²) in [5, 5.41) is 2.46. The van der Waals surface area contributed by atoms with E-state index >= 15 is 0 Å². The van der Waals surface area contributed by atoms with Crippen LogP contribution in [0, 0.1) is 0 Å². The first kappa shape index (κ1) is 12.1. The summed E-state index contributed by atoms with van der Waals surface area (Å²) in [5.74, 6) is 0. The number of rotatable bonds is 2. The molecule has 1 heterocycles. The zero-order valence-electron chi connectivity index (χ0n) is 10.7. The first-order valence-corrected chi connectivity index (χ1v) is 6.40. The zero-order valence-corrected chi connectivity index (χ0v) is 10.7. The average molecular weight is 251 g/mol. The first-order chi connectivity index (χ1) is 9.17. The van der Waals surface area contributed by atoms with Gasteiger partial charge in [0.05, 0.1) is 5.54 Å². The summed E-state index contributed by atoms with van der Waals surface area (Å²) < 4.78 is 0. The molecule has 4 N–H and O–H groups in total. The van der Waals surface area contributed by atoms with Crippen LogP contribution in [0.25, 0.3) is 10.8 Å².